The lowest BCUT2D eigenvalue weighted by atomic mass is 10.1. The molecule has 0 atom stereocenters. The van der Waals surface area contributed by atoms with E-state index in [-0.39, 0.29) is 11.8 Å². The highest BCUT2D eigenvalue weighted by Gasteiger charge is 2.30. The first-order valence-electron chi connectivity index (χ1n) is 10.2. The zero-order valence-electron chi connectivity index (χ0n) is 18.5. The Bertz CT molecular complexity index is 836. The van der Waals surface area contributed by atoms with Crippen LogP contribution in [0.15, 0.2) is 24.3 Å². The largest absolute Gasteiger partial charge is 0.489 e. The summed E-state index contributed by atoms with van der Waals surface area (Å²) >= 11 is 2.01. The van der Waals surface area contributed by atoms with E-state index in [4.69, 9.17) is 9.53 Å². The molecule has 0 unspecified atom stereocenters. The Kier molecular flexibility index (Phi) is 9.31. The summed E-state index contributed by atoms with van der Waals surface area (Å²) in [6.07, 6.45) is 1.87. The third kappa shape index (κ3) is 6.43. The van der Waals surface area contributed by atoms with Crippen LogP contribution >= 0.6 is 11.8 Å². The Labute approximate surface area is 186 Å². The van der Waals surface area contributed by atoms with Gasteiger partial charge >= 0.3 is 6.61 Å². The second-order valence-electron chi connectivity index (χ2n) is 7.82. The number of aromatic nitrogens is 2. The summed E-state index contributed by atoms with van der Waals surface area (Å²) in [5.74, 6) is 3.44. The Morgan fingerprint density at radius 1 is 1.32 bits per heavy atom. The number of rotatable bonds is 5. The first kappa shape index (κ1) is 25.1. The zero-order chi connectivity index (χ0) is 23.0. The minimum atomic E-state index is -2.84. The fourth-order valence-electron chi connectivity index (χ4n) is 3.24. The SMILES string of the molecule is C=O.CC(C)n1nc(-c2cccc(OC(F)F)c2)c2c1CCCO2.CNC1(C)CSC1. The van der Waals surface area contributed by atoms with Crippen molar-refractivity contribution in [2.45, 2.75) is 51.8 Å². The van der Waals surface area contributed by atoms with E-state index in [1.54, 1.807) is 12.1 Å². The van der Waals surface area contributed by atoms with E-state index in [9.17, 15) is 8.78 Å². The quantitative estimate of drug-likeness (QED) is 0.712. The monoisotopic (exact) mass is 455 g/mol. The lowest BCUT2D eigenvalue weighted by molar-refractivity contribution is -0.0980. The molecule has 0 spiro atoms. The van der Waals surface area contributed by atoms with E-state index in [1.165, 1.54) is 17.6 Å². The molecule has 9 heteroatoms. The summed E-state index contributed by atoms with van der Waals surface area (Å²) in [5.41, 5.74) is 2.94. The van der Waals surface area contributed by atoms with Crippen molar-refractivity contribution in [2.75, 3.05) is 25.2 Å². The molecule has 0 aliphatic carbocycles. The van der Waals surface area contributed by atoms with E-state index in [0.29, 0.717) is 17.8 Å². The van der Waals surface area contributed by atoms with Gasteiger partial charge in [-0.15, -0.1) is 0 Å². The molecule has 1 aromatic carbocycles. The van der Waals surface area contributed by atoms with Crippen LogP contribution < -0.4 is 14.8 Å². The van der Waals surface area contributed by atoms with Crippen molar-refractivity contribution < 1.29 is 23.0 Å². The van der Waals surface area contributed by atoms with Crippen molar-refractivity contribution in [2.24, 2.45) is 0 Å². The molecule has 1 fully saturated rings. The van der Waals surface area contributed by atoms with Crippen LogP contribution in [0.5, 0.6) is 11.5 Å². The number of nitrogens with zero attached hydrogens (tertiary/aromatic N) is 2. The van der Waals surface area contributed by atoms with Gasteiger partial charge < -0.3 is 19.6 Å². The van der Waals surface area contributed by atoms with E-state index >= 15 is 0 Å². The molecule has 0 saturated carbocycles. The van der Waals surface area contributed by atoms with Crippen molar-refractivity contribution >= 4 is 18.6 Å². The van der Waals surface area contributed by atoms with Crippen LogP contribution in [0, 0.1) is 0 Å². The normalized spacial score (nSPS) is 16.1. The minimum Gasteiger partial charge on any atom is -0.489 e. The predicted octanol–water partition coefficient (Wildman–Crippen LogP) is 4.58. The highest BCUT2D eigenvalue weighted by molar-refractivity contribution is 8.00. The van der Waals surface area contributed by atoms with Crippen molar-refractivity contribution in [1.29, 1.82) is 0 Å². The molecule has 31 heavy (non-hydrogen) atoms. The van der Waals surface area contributed by atoms with Gasteiger partial charge in [0.2, 0.25) is 0 Å². The van der Waals surface area contributed by atoms with Crippen LogP contribution in [-0.4, -0.2) is 53.9 Å². The van der Waals surface area contributed by atoms with E-state index in [2.05, 4.69) is 35.9 Å². The second-order valence-corrected chi connectivity index (χ2v) is 8.81. The summed E-state index contributed by atoms with van der Waals surface area (Å²) in [6.45, 7) is 6.18. The molecule has 1 N–H and O–H groups in total. The molecular formula is C22H31F2N3O3S. The first-order chi connectivity index (χ1) is 14.8. The number of ether oxygens (including phenoxy) is 2. The lowest BCUT2D eigenvalue weighted by Gasteiger charge is -2.37. The van der Waals surface area contributed by atoms with Gasteiger partial charge in [-0.05, 0) is 52.8 Å². The molecule has 1 aromatic heterocycles. The number of hydrogen-bond acceptors (Lipinski definition) is 6. The number of hydrogen-bond donors (Lipinski definition) is 1. The molecule has 1 saturated heterocycles. The number of halogens is 2. The standard InChI is InChI=1S/C16H18F2N2O2.C5H11NS.CH2O/c1-10(2)20-13-7-4-8-21-15(13)14(19-20)11-5-3-6-12(9-11)22-16(17)18;1-5(6-2)3-7-4-5;1-2/h3,5-6,9-10,16H,4,7-8H2,1-2H3;6H,3-4H2,1-2H3;1H2. The average Bonchev–Trinajstić information content (AvgIpc) is 3.14. The molecule has 3 heterocycles. The predicted molar refractivity (Wildman–Crippen MR) is 120 cm³/mol. The maximum Gasteiger partial charge on any atom is 0.387 e. The summed E-state index contributed by atoms with van der Waals surface area (Å²) < 4.78 is 36.9. The topological polar surface area (TPSA) is 65.4 Å². The summed E-state index contributed by atoms with van der Waals surface area (Å²) in [5, 5.41) is 7.89. The third-order valence-electron chi connectivity index (χ3n) is 5.03. The van der Waals surface area contributed by atoms with Crippen LogP contribution in [-0.2, 0) is 11.2 Å². The molecule has 0 bridgehead atoms. The van der Waals surface area contributed by atoms with E-state index < -0.39 is 6.61 Å². The highest BCUT2D eigenvalue weighted by atomic mass is 32.2. The van der Waals surface area contributed by atoms with Crippen molar-refractivity contribution in [3.8, 4) is 22.8 Å². The number of alkyl halides is 2. The second kappa shape index (κ2) is 11.5. The highest BCUT2D eigenvalue weighted by Crippen LogP contribution is 2.38. The molecule has 2 aliphatic heterocycles. The number of fused-ring (bicyclic) bond motifs is 1. The third-order valence-corrected chi connectivity index (χ3v) is 6.71. The molecule has 4 rings (SSSR count). The van der Waals surface area contributed by atoms with Crippen molar-refractivity contribution in [3.05, 3.63) is 30.0 Å². The van der Waals surface area contributed by atoms with E-state index in [0.717, 1.165) is 29.8 Å². The average molecular weight is 456 g/mol. The van der Waals surface area contributed by atoms with Crippen LogP contribution in [0.1, 0.15) is 38.9 Å². The molecule has 172 valence electrons. The van der Waals surface area contributed by atoms with E-state index in [1.807, 2.05) is 36.3 Å². The van der Waals surface area contributed by atoms with Crippen LogP contribution in [0.25, 0.3) is 11.3 Å². The maximum absolute atomic E-state index is 12.4. The molecule has 2 aromatic rings. The molecular weight excluding hydrogens is 424 g/mol. The summed E-state index contributed by atoms with van der Waals surface area (Å²) in [6, 6.07) is 6.78. The number of carbonyl (C=O) groups excluding carboxylic acids is 1. The Hall–Kier alpha value is -2.13. The maximum atomic E-state index is 12.4. The summed E-state index contributed by atoms with van der Waals surface area (Å²) in [7, 11) is 2.03. The van der Waals surface area contributed by atoms with Gasteiger partial charge in [-0.2, -0.15) is 25.6 Å². The van der Waals surface area contributed by atoms with Crippen molar-refractivity contribution in [3.63, 3.8) is 0 Å². The molecule has 0 amide bonds. The number of carbonyl (C=O) groups is 1. The van der Waals surface area contributed by atoms with Gasteiger partial charge in [0.15, 0.2) is 5.75 Å². The van der Waals surface area contributed by atoms with Gasteiger partial charge in [0, 0.05) is 28.6 Å². The van der Waals surface area contributed by atoms with Gasteiger partial charge in [0.05, 0.1) is 12.3 Å². The van der Waals surface area contributed by atoms with Crippen LogP contribution in [0.3, 0.4) is 0 Å². The first-order valence-corrected chi connectivity index (χ1v) is 11.3. The van der Waals surface area contributed by atoms with Gasteiger partial charge in [0.25, 0.3) is 0 Å². The van der Waals surface area contributed by atoms with Gasteiger partial charge in [-0.25, -0.2) is 0 Å². The van der Waals surface area contributed by atoms with Crippen LogP contribution in [0.2, 0.25) is 0 Å². The minimum absolute atomic E-state index is 0.121. The fourth-order valence-corrected chi connectivity index (χ4v) is 4.34. The number of benzene rings is 1. The zero-order valence-corrected chi connectivity index (χ0v) is 19.3. The van der Waals surface area contributed by atoms with Gasteiger partial charge in [0.1, 0.15) is 18.2 Å². The summed E-state index contributed by atoms with van der Waals surface area (Å²) in [4.78, 5) is 8.00. The number of nitrogens with one attached hydrogen (secondary N) is 1. The molecule has 6 nitrogen and oxygen atoms in total. The van der Waals surface area contributed by atoms with Crippen molar-refractivity contribution in [1.82, 2.24) is 15.1 Å². The Balaban J connectivity index is 0.000000319. The fraction of sp³-hybridized carbons (Fsp3) is 0.545. The Morgan fingerprint density at radius 3 is 2.55 bits per heavy atom. The molecule has 2 aliphatic rings. The Morgan fingerprint density at radius 2 is 2.03 bits per heavy atom. The lowest BCUT2D eigenvalue weighted by Crippen LogP contribution is -2.51. The molecule has 0 radical (unpaired) electrons. The smallest absolute Gasteiger partial charge is 0.387 e. The van der Waals surface area contributed by atoms with Gasteiger partial charge in [-0.3, -0.25) is 4.68 Å². The number of thioether (sulfide) groups is 1. The van der Waals surface area contributed by atoms with Gasteiger partial charge in [-0.1, -0.05) is 12.1 Å². The van der Waals surface area contributed by atoms with Crippen LogP contribution in [0.4, 0.5) is 8.78 Å².